The molecule has 2 N–H and O–H groups in total. The second-order valence-corrected chi connectivity index (χ2v) is 8.53. The van der Waals surface area contributed by atoms with Gasteiger partial charge in [-0.25, -0.2) is 15.0 Å². The van der Waals surface area contributed by atoms with Gasteiger partial charge < -0.3 is 10.3 Å². The maximum Gasteiger partial charge on any atom is 0.160 e. The topological polar surface area (TPSA) is 66.5 Å². The molecular weight excluding hydrogens is 370 g/mol. The Labute approximate surface area is 177 Å². The van der Waals surface area contributed by atoms with Gasteiger partial charge >= 0.3 is 0 Å². The summed E-state index contributed by atoms with van der Waals surface area (Å²) in [4.78, 5) is 17.9. The quantitative estimate of drug-likeness (QED) is 0.506. The molecule has 0 atom stereocenters. The summed E-state index contributed by atoms with van der Waals surface area (Å²) < 4.78 is 0. The molecule has 0 bridgehead atoms. The third-order valence-electron chi connectivity index (χ3n) is 6.13. The minimum Gasteiger partial charge on any atom is -0.346 e. The van der Waals surface area contributed by atoms with E-state index in [1.165, 1.54) is 22.3 Å². The Balaban J connectivity index is 1.79. The van der Waals surface area contributed by atoms with Crippen molar-refractivity contribution in [2.45, 2.75) is 46.6 Å². The first-order valence-corrected chi connectivity index (χ1v) is 10.7. The summed E-state index contributed by atoms with van der Waals surface area (Å²) in [5.41, 5.74) is 10.3. The summed E-state index contributed by atoms with van der Waals surface area (Å²) in [7, 11) is 0. The normalized spacial score (nSPS) is 13.8. The monoisotopic (exact) mass is 397 g/mol. The fourth-order valence-electron chi connectivity index (χ4n) is 4.35. The van der Waals surface area contributed by atoms with Crippen molar-refractivity contribution < 1.29 is 0 Å². The minimum atomic E-state index is 0.474. The molecule has 1 aliphatic rings. The summed E-state index contributed by atoms with van der Waals surface area (Å²) in [5, 5.41) is 4.61. The molecule has 4 heterocycles. The molecule has 3 aromatic heterocycles. The average molecular weight is 398 g/mol. The van der Waals surface area contributed by atoms with Gasteiger partial charge in [-0.2, -0.15) is 0 Å². The lowest BCUT2D eigenvalue weighted by Gasteiger charge is -2.22. The number of aryl methyl sites for hydroxylation is 2. The molecule has 0 unspecified atom stereocenters. The van der Waals surface area contributed by atoms with Crippen LogP contribution in [0.15, 0.2) is 36.7 Å². The number of fused-ring (bicyclic) bond motifs is 2. The smallest absolute Gasteiger partial charge is 0.160 e. The van der Waals surface area contributed by atoms with E-state index in [1.54, 1.807) is 0 Å². The van der Waals surface area contributed by atoms with Crippen LogP contribution in [-0.4, -0.2) is 26.5 Å². The highest BCUT2D eigenvalue weighted by atomic mass is 15.0. The van der Waals surface area contributed by atoms with Crippen LogP contribution in [0, 0.1) is 13.8 Å². The SMILES string of the molecule is Cc1ccc(C(C)C)cc1-c1nc(-c2ccnc3[nH]cc(C)c23)nc2c1CNCC2. The van der Waals surface area contributed by atoms with Gasteiger partial charge in [0.05, 0.1) is 11.4 Å². The molecule has 0 aliphatic carbocycles. The molecule has 30 heavy (non-hydrogen) atoms. The molecule has 1 aromatic carbocycles. The second-order valence-electron chi connectivity index (χ2n) is 8.53. The van der Waals surface area contributed by atoms with E-state index in [9.17, 15) is 0 Å². The van der Waals surface area contributed by atoms with E-state index in [-0.39, 0.29) is 0 Å². The average Bonchev–Trinajstić information content (AvgIpc) is 3.14. The van der Waals surface area contributed by atoms with Crippen molar-refractivity contribution in [1.29, 1.82) is 0 Å². The highest BCUT2D eigenvalue weighted by Gasteiger charge is 2.22. The maximum atomic E-state index is 5.17. The van der Waals surface area contributed by atoms with Gasteiger partial charge in [-0.05, 0) is 48.6 Å². The van der Waals surface area contributed by atoms with E-state index >= 15 is 0 Å². The molecule has 5 rings (SSSR count). The zero-order valence-corrected chi connectivity index (χ0v) is 18.0. The molecule has 0 saturated carbocycles. The summed E-state index contributed by atoms with van der Waals surface area (Å²) >= 11 is 0. The van der Waals surface area contributed by atoms with Gasteiger partial charge in [-0.1, -0.05) is 26.0 Å². The van der Waals surface area contributed by atoms with E-state index in [4.69, 9.17) is 9.97 Å². The Kier molecular flexibility index (Phi) is 4.63. The fraction of sp³-hybridized carbons (Fsp3) is 0.320. The van der Waals surface area contributed by atoms with Crippen LogP contribution in [0.1, 0.15) is 47.7 Å². The zero-order chi connectivity index (χ0) is 20.8. The van der Waals surface area contributed by atoms with Crippen LogP contribution in [0.25, 0.3) is 33.7 Å². The molecule has 1 aliphatic heterocycles. The molecule has 5 nitrogen and oxygen atoms in total. The predicted molar refractivity (Wildman–Crippen MR) is 122 cm³/mol. The Bertz CT molecular complexity index is 1250. The van der Waals surface area contributed by atoms with Gasteiger partial charge in [0, 0.05) is 54.0 Å². The Hall–Kier alpha value is -3.05. The lowest BCUT2D eigenvalue weighted by Crippen LogP contribution is -2.26. The van der Waals surface area contributed by atoms with Gasteiger partial charge in [0.15, 0.2) is 5.82 Å². The first kappa shape index (κ1) is 18.9. The molecule has 0 amide bonds. The largest absolute Gasteiger partial charge is 0.346 e. The lowest BCUT2D eigenvalue weighted by molar-refractivity contribution is 0.628. The zero-order valence-electron chi connectivity index (χ0n) is 18.0. The first-order valence-electron chi connectivity index (χ1n) is 10.7. The number of aromatic amines is 1. The number of nitrogens with zero attached hydrogens (tertiary/aromatic N) is 3. The van der Waals surface area contributed by atoms with E-state index in [2.05, 4.69) is 61.2 Å². The van der Waals surface area contributed by atoms with Crippen molar-refractivity contribution in [1.82, 2.24) is 25.3 Å². The third-order valence-corrected chi connectivity index (χ3v) is 6.13. The van der Waals surface area contributed by atoms with Crippen molar-refractivity contribution in [3.63, 3.8) is 0 Å². The molecule has 4 aromatic rings. The molecular formula is C25H27N5. The Morgan fingerprint density at radius 1 is 1.00 bits per heavy atom. The highest BCUT2D eigenvalue weighted by molar-refractivity contribution is 5.94. The number of nitrogens with one attached hydrogen (secondary N) is 2. The standard InChI is InChI=1S/C25H27N5/c1-14(2)17-6-5-15(3)19(11-17)23-20-13-26-9-8-21(20)29-24(30-23)18-7-10-27-25-22(18)16(4)12-28-25/h5-7,10-12,14,26H,8-9,13H2,1-4H3,(H,27,28). The van der Waals surface area contributed by atoms with Crippen LogP contribution in [0.4, 0.5) is 0 Å². The van der Waals surface area contributed by atoms with Crippen molar-refractivity contribution in [3.05, 3.63) is 64.6 Å². The molecule has 0 saturated heterocycles. The van der Waals surface area contributed by atoms with Gasteiger partial charge in [-0.15, -0.1) is 0 Å². The molecule has 0 spiro atoms. The third kappa shape index (κ3) is 3.10. The Morgan fingerprint density at radius 3 is 2.70 bits per heavy atom. The van der Waals surface area contributed by atoms with Gasteiger partial charge in [-0.3, -0.25) is 0 Å². The van der Waals surface area contributed by atoms with Gasteiger partial charge in [0.1, 0.15) is 5.65 Å². The van der Waals surface area contributed by atoms with Crippen molar-refractivity contribution in [2.75, 3.05) is 6.54 Å². The molecule has 5 heteroatoms. The number of hydrogen-bond acceptors (Lipinski definition) is 4. The summed E-state index contributed by atoms with van der Waals surface area (Å²) in [6.45, 7) is 10.5. The highest BCUT2D eigenvalue weighted by Crippen LogP contribution is 2.34. The Morgan fingerprint density at radius 2 is 1.87 bits per heavy atom. The number of pyridine rings is 1. The van der Waals surface area contributed by atoms with Crippen LogP contribution < -0.4 is 5.32 Å². The predicted octanol–water partition coefficient (Wildman–Crippen LogP) is 5.07. The number of H-pyrrole nitrogens is 1. The maximum absolute atomic E-state index is 5.17. The van der Waals surface area contributed by atoms with Crippen LogP contribution in [0.5, 0.6) is 0 Å². The van der Waals surface area contributed by atoms with Crippen LogP contribution >= 0.6 is 0 Å². The van der Waals surface area contributed by atoms with Crippen molar-refractivity contribution in [2.24, 2.45) is 0 Å². The van der Waals surface area contributed by atoms with Crippen LogP contribution in [0.3, 0.4) is 0 Å². The number of benzene rings is 1. The second kappa shape index (κ2) is 7.33. The number of aromatic nitrogens is 4. The molecule has 152 valence electrons. The minimum absolute atomic E-state index is 0.474. The van der Waals surface area contributed by atoms with E-state index in [0.717, 1.165) is 58.9 Å². The lowest BCUT2D eigenvalue weighted by atomic mass is 9.92. The van der Waals surface area contributed by atoms with E-state index in [1.807, 2.05) is 18.5 Å². The van der Waals surface area contributed by atoms with E-state index < -0.39 is 0 Å². The summed E-state index contributed by atoms with van der Waals surface area (Å²) in [6.07, 6.45) is 4.75. The summed E-state index contributed by atoms with van der Waals surface area (Å²) in [5.74, 6) is 1.26. The van der Waals surface area contributed by atoms with Gasteiger partial charge in [0.25, 0.3) is 0 Å². The van der Waals surface area contributed by atoms with Crippen molar-refractivity contribution >= 4 is 11.0 Å². The van der Waals surface area contributed by atoms with Crippen LogP contribution in [-0.2, 0) is 13.0 Å². The van der Waals surface area contributed by atoms with Crippen LogP contribution in [0.2, 0.25) is 0 Å². The fourth-order valence-corrected chi connectivity index (χ4v) is 4.35. The summed E-state index contributed by atoms with van der Waals surface area (Å²) in [6, 6.07) is 8.79. The van der Waals surface area contributed by atoms with E-state index in [0.29, 0.717) is 5.92 Å². The van der Waals surface area contributed by atoms with Gasteiger partial charge in [0.2, 0.25) is 0 Å². The number of rotatable bonds is 3. The van der Waals surface area contributed by atoms with Crippen molar-refractivity contribution in [3.8, 4) is 22.6 Å². The molecule has 0 fully saturated rings. The molecule has 0 radical (unpaired) electrons. The first-order chi connectivity index (χ1) is 14.5. The number of hydrogen-bond donors (Lipinski definition) is 2.